The number of piperidine rings is 1. The summed E-state index contributed by atoms with van der Waals surface area (Å²) in [7, 11) is 0. The number of ether oxygens (including phenoxy) is 1. The standard InChI is InChI=1S/C20H26N4O6/c25-12-15-17(27)18(28)19(30-15)23-9-5-16(26)24(20(23)29)11-13-10-14(4-6-21-13)22-7-2-1-3-8-22/h4-6,9-10,15,17-19,25,27-28H,1-3,7-8,11-12H2/t15-,17?,18?,19-/m1/s1. The Morgan fingerprint density at radius 3 is 2.57 bits per heavy atom. The van der Waals surface area contributed by atoms with E-state index in [1.54, 1.807) is 6.20 Å². The molecule has 2 saturated heterocycles. The number of anilines is 1. The average molecular weight is 418 g/mol. The summed E-state index contributed by atoms with van der Waals surface area (Å²) in [5, 5.41) is 29.4. The first kappa shape index (κ1) is 20.7. The molecular formula is C20H26N4O6. The number of aliphatic hydroxyl groups is 3. The van der Waals surface area contributed by atoms with Crippen LogP contribution in [-0.2, 0) is 11.3 Å². The maximum Gasteiger partial charge on any atom is 0.333 e. The highest BCUT2D eigenvalue weighted by atomic mass is 16.6. The van der Waals surface area contributed by atoms with Crippen LogP contribution in [0.5, 0.6) is 0 Å². The highest BCUT2D eigenvalue weighted by Crippen LogP contribution is 2.28. The molecular weight excluding hydrogens is 392 g/mol. The number of hydrogen-bond donors (Lipinski definition) is 3. The first-order valence-corrected chi connectivity index (χ1v) is 10.1. The Kier molecular flexibility index (Phi) is 6.00. The molecule has 0 aliphatic carbocycles. The predicted molar refractivity (Wildman–Crippen MR) is 107 cm³/mol. The van der Waals surface area contributed by atoms with E-state index >= 15 is 0 Å². The first-order valence-electron chi connectivity index (χ1n) is 10.1. The molecule has 0 radical (unpaired) electrons. The molecule has 0 spiro atoms. The summed E-state index contributed by atoms with van der Waals surface area (Å²) >= 11 is 0. The quantitative estimate of drug-likeness (QED) is 0.567. The normalized spacial score (nSPS) is 26.8. The third kappa shape index (κ3) is 3.91. The van der Waals surface area contributed by atoms with Gasteiger partial charge in [-0.05, 0) is 31.4 Å². The zero-order valence-corrected chi connectivity index (χ0v) is 16.5. The molecule has 4 heterocycles. The average Bonchev–Trinajstić information content (AvgIpc) is 3.06. The molecule has 4 atom stereocenters. The van der Waals surface area contributed by atoms with Gasteiger partial charge in [-0.2, -0.15) is 0 Å². The van der Waals surface area contributed by atoms with Crippen molar-refractivity contribution in [2.24, 2.45) is 0 Å². The fourth-order valence-corrected chi connectivity index (χ4v) is 4.04. The summed E-state index contributed by atoms with van der Waals surface area (Å²) in [4.78, 5) is 31.9. The second-order valence-electron chi connectivity index (χ2n) is 7.71. The summed E-state index contributed by atoms with van der Waals surface area (Å²) in [5.41, 5.74) is 0.374. The summed E-state index contributed by atoms with van der Waals surface area (Å²) < 4.78 is 7.49. The molecule has 0 amide bonds. The topological polar surface area (TPSA) is 130 Å². The number of hydrogen-bond acceptors (Lipinski definition) is 8. The van der Waals surface area contributed by atoms with Crippen molar-refractivity contribution in [1.82, 2.24) is 14.1 Å². The summed E-state index contributed by atoms with van der Waals surface area (Å²) in [6, 6.07) is 4.99. The van der Waals surface area contributed by atoms with Crippen LogP contribution in [0.2, 0.25) is 0 Å². The molecule has 30 heavy (non-hydrogen) atoms. The van der Waals surface area contributed by atoms with E-state index in [0.29, 0.717) is 5.69 Å². The lowest BCUT2D eigenvalue weighted by Crippen LogP contribution is -2.43. The van der Waals surface area contributed by atoms with Gasteiger partial charge in [0.25, 0.3) is 5.56 Å². The van der Waals surface area contributed by atoms with E-state index in [4.69, 9.17) is 4.74 Å². The van der Waals surface area contributed by atoms with Crippen molar-refractivity contribution < 1.29 is 20.1 Å². The Labute approximate surface area is 172 Å². The van der Waals surface area contributed by atoms with E-state index < -0.39 is 42.4 Å². The van der Waals surface area contributed by atoms with Crippen LogP contribution in [0.1, 0.15) is 31.2 Å². The van der Waals surface area contributed by atoms with Crippen LogP contribution in [0.15, 0.2) is 40.2 Å². The fourth-order valence-electron chi connectivity index (χ4n) is 4.04. The molecule has 2 aliphatic rings. The zero-order valence-electron chi connectivity index (χ0n) is 16.5. The Hall–Kier alpha value is -2.53. The van der Waals surface area contributed by atoms with Crippen molar-refractivity contribution in [2.45, 2.75) is 50.3 Å². The SMILES string of the molecule is O=c1ccn([C@@H]2O[C@H](CO)C(O)C2O)c(=O)n1Cc1cc(N2CCCCC2)ccn1. The lowest BCUT2D eigenvalue weighted by atomic mass is 10.1. The highest BCUT2D eigenvalue weighted by molar-refractivity contribution is 5.46. The predicted octanol–water partition coefficient (Wildman–Crippen LogP) is -0.945. The molecule has 10 nitrogen and oxygen atoms in total. The molecule has 2 unspecified atom stereocenters. The van der Waals surface area contributed by atoms with Crippen LogP contribution in [0.25, 0.3) is 0 Å². The van der Waals surface area contributed by atoms with Gasteiger partial charge in [-0.25, -0.2) is 4.79 Å². The molecule has 10 heteroatoms. The number of aromatic nitrogens is 3. The molecule has 0 aromatic carbocycles. The molecule has 0 bridgehead atoms. The van der Waals surface area contributed by atoms with Crippen molar-refractivity contribution in [1.29, 1.82) is 0 Å². The van der Waals surface area contributed by atoms with E-state index in [1.807, 2.05) is 12.1 Å². The van der Waals surface area contributed by atoms with E-state index in [1.165, 1.54) is 18.7 Å². The van der Waals surface area contributed by atoms with Crippen LogP contribution >= 0.6 is 0 Å². The lowest BCUT2D eigenvalue weighted by Gasteiger charge is -2.29. The monoisotopic (exact) mass is 418 g/mol. The third-order valence-corrected chi connectivity index (χ3v) is 5.73. The first-order chi connectivity index (χ1) is 14.5. The van der Waals surface area contributed by atoms with Crippen molar-refractivity contribution >= 4 is 5.69 Å². The molecule has 3 N–H and O–H groups in total. The molecule has 4 rings (SSSR count). The molecule has 162 valence electrons. The van der Waals surface area contributed by atoms with Crippen molar-refractivity contribution in [2.75, 3.05) is 24.6 Å². The summed E-state index contributed by atoms with van der Waals surface area (Å²) in [6.07, 6.45) is 1.40. The van der Waals surface area contributed by atoms with Crippen LogP contribution < -0.4 is 16.1 Å². The Balaban J connectivity index is 1.62. The van der Waals surface area contributed by atoms with Gasteiger partial charge in [-0.3, -0.25) is 18.9 Å². The number of nitrogens with zero attached hydrogens (tertiary/aromatic N) is 4. The Morgan fingerprint density at radius 2 is 1.87 bits per heavy atom. The van der Waals surface area contributed by atoms with Crippen LogP contribution in [0.3, 0.4) is 0 Å². The van der Waals surface area contributed by atoms with Gasteiger partial charge in [-0.1, -0.05) is 0 Å². The number of rotatable bonds is 5. The third-order valence-electron chi connectivity index (χ3n) is 5.73. The van der Waals surface area contributed by atoms with Gasteiger partial charge in [0.05, 0.1) is 18.8 Å². The molecule has 2 aromatic heterocycles. The van der Waals surface area contributed by atoms with E-state index in [-0.39, 0.29) is 6.54 Å². The van der Waals surface area contributed by atoms with Gasteiger partial charge >= 0.3 is 5.69 Å². The highest BCUT2D eigenvalue weighted by Gasteiger charge is 2.43. The van der Waals surface area contributed by atoms with Crippen LogP contribution in [-0.4, -0.2) is 67.4 Å². The molecule has 2 fully saturated rings. The van der Waals surface area contributed by atoms with E-state index in [2.05, 4.69) is 9.88 Å². The molecule has 0 saturated carbocycles. The Bertz CT molecular complexity index is 999. The maximum atomic E-state index is 13.0. The van der Waals surface area contributed by atoms with Gasteiger partial charge < -0.3 is 25.0 Å². The van der Waals surface area contributed by atoms with E-state index in [0.717, 1.165) is 40.8 Å². The second-order valence-corrected chi connectivity index (χ2v) is 7.71. The largest absolute Gasteiger partial charge is 0.394 e. The van der Waals surface area contributed by atoms with Gasteiger partial charge in [0.2, 0.25) is 0 Å². The maximum absolute atomic E-state index is 13.0. The second kappa shape index (κ2) is 8.68. The molecule has 2 aromatic rings. The fraction of sp³-hybridized carbons (Fsp3) is 0.550. The Morgan fingerprint density at radius 1 is 1.10 bits per heavy atom. The zero-order chi connectivity index (χ0) is 21.3. The minimum absolute atomic E-state index is 0.0328. The van der Waals surface area contributed by atoms with Crippen LogP contribution in [0, 0.1) is 0 Å². The number of aliphatic hydroxyl groups excluding tert-OH is 3. The minimum atomic E-state index is -1.41. The van der Waals surface area contributed by atoms with Crippen molar-refractivity contribution in [3.05, 3.63) is 57.1 Å². The molecule has 2 aliphatic heterocycles. The van der Waals surface area contributed by atoms with Crippen molar-refractivity contribution in [3.63, 3.8) is 0 Å². The van der Waals surface area contributed by atoms with Gasteiger partial charge in [0, 0.05) is 37.2 Å². The summed E-state index contributed by atoms with van der Waals surface area (Å²) in [5.74, 6) is 0. The number of pyridine rings is 1. The van der Waals surface area contributed by atoms with E-state index in [9.17, 15) is 24.9 Å². The van der Waals surface area contributed by atoms with Gasteiger partial charge in [0.15, 0.2) is 6.23 Å². The minimum Gasteiger partial charge on any atom is -0.394 e. The van der Waals surface area contributed by atoms with Gasteiger partial charge in [-0.15, -0.1) is 0 Å². The lowest BCUT2D eigenvalue weighted by molar-refractivity contribution is -0.0555. The smallest absolute Gasteiger partial charge is 0.333 e. The van der Waals surface area contributed by atoms with Crippen molar-refractivity contribution in [3.8, 4) is 0 Å². The van der Waals surface area contributed by atoms with Gasteiger partial charge in [0.1, 0.15) is 18.3 Å². The summed E-state index contributed by atoms with van der Waals surface area (Å²) in [6.45, 7) is 1.39. The van der Waals surface area contributed by atoms with Crippen LogP contribution in [0.4, 0.5) is 5.69 Å².